The second-order valence-corrected chi connectivity index (χ2v) is 10.4. The quantitative estimate of drug-likeness (QED) is 0.185. The fraction of sp³-hybridized carbons (Fsp3) is 1.00. The lowest BCUT2D eigenvalue weighted by atomic mass is 9.79. The molecule has 0 saturated carbocycles. The van der Waals surface area contributed by atoms with Crippen molar-refractivity contribution in [1.29, 1.82) is 0 Å². The molecule has 0 aromatic heterocycles. The molecule has 25 heavy (non-hydrogen) atoms. The molecule has 0 unspecified atom stereocenters. The summed E-state index contributed by atoms with van der Waals surface area (Å²) >= 11 is 0. The Hall–Kier alpha value is -0.160. The van der Waals surface area contributed by atoms with Crippen LogP contribution in [0.4, 0.5) is 0 Å². The molecule has 0 bridgehead atoms. The lowest BCUT2D eigenvalue weighted by Gasteiger charge is -2.42. The highest BCUT2D eigenvalue weighted by Gasteiger charge is 2.42. The van der Waals surface area contributed by atoms with Gasteiger partial charge in [0.25, 0.3) is 0 Å². The van der Waals surface area contributed by atoms with Crippen molar-refractivity contribution in [3.8, 4) is 0 Å². The van der Waals surface area contributed by atoms with Crippen molar-refractivity contribution in [2.24, 2.45) is 10.8 Å². The molecule has 0 aliphatic rings. The summed E-state index contributed by atoms with van der Waals surface area (Å²) in [6, 6.07) is 0. The van der Waals surface area contributed by atoms with E-state index in [0.717, 1.165) is 19.3 Å². The fourth-order valence-corrected chi connectivity index (χ4v) is 1.43. The predicted octanol–water partition coefficient (Wildman–Crippen LogP) is 6.83. The van der Waals surface area contributed by atoms with Gasteiger partial charge in [0, 0.05) is 6.42 Å². The van der Waals surface area contributed by atoms with Gasteiger partial charge in [-0.05, 0) is 51.9 Å². The van der Waals surface area contributed by atoms with Crippen LogP contribution >= 0.6 is 0 Å². The molecule has 0 saturated heterocycles. The van der Waals surface area contributed by atoms with Gasteiger partial charge in [-0.3, -0.25) is 0 Å². The summed E-state index contributed by atoms with van der Waals surface area (Å²) in [7, 11) is 0. The Bertz CT molecular complexity index is 356. The van der Waals surface area contributed by atoms with Crippen LogP contribution in [0.1, 0.15) is 109 Å². The van der Waals surface area contributed by atoms with Gasteiger partial charge < -0.3 is 0 Å². The van der Waals surface area contributed by atoms with E-state index in [2.05, 4.69) is 48.5 Å². The van der Waals surface area contributed by atoms with E-state index in [0.29, 0.717) is 6.42 Å². The molecule has 0 aromatic carbocycles. The minimum absolute atomic E-state index is 0.0666. The SMILES string of the molecule is CCCCCC(C)(OOC(C)(C)C(C)(C)C)OOC(C)(C)C(C)(C)C. The number of unbranched alkanes of at least 4 members (excludes halogenated alkanes) is 2. The van der Waals surface area contributed by atoms with Gasteiger partial charge in [0.2, 0.25) is 5.79 Å². The van der Waals surface area contributed by atoms with Gasteiger partial charge in [-0.15, -0.1) is 0 Å². The molecule has 0 amide bonds. The maximum Gasteiger partial charge on any atom is 0.231 e. The summed E-state index contributed by atoms with van der Waals surface area (Å²) in [5.74, 6) is -0.944. The van der Waals surface area contributed by atoms with E-state index in [4.69, 9.17) is 19.6 Å². The molecule has 0 radical (unpaired) electrons. The van der Waals surface area contributed by atoms with E-state index in [1.807, 2.05) is 34.6 Å². The molecule has 4 nitrogen and oxygen atoms in total. The third-order valence-electron chi connectivity index (χ3n) is 5.70. The Balaban J connectivity index is 5.07. The summed E-state index contributed by atoms with van der Waals surface area (Å²) in [4.78, 5) is 23.3. The summed E-state index contributed by atoms with van der Waals surface area (Å²) in [6.45, 7) is 25.0. The summed E-state index contributed by atoms with van der Waals surface area (Å²) < 4.78 is 0. The zero-order valence-electron chi connectivity index (χ0n) is 19.0. The van der Waals surface area contributed by atoms with Crippen molar-refractivity contribution in [2.75, 3.05) is 0 Å². The summed E-state index contributed by atoms with van der Waals surface area (Å²) in [6.07, 6.45) is 3.96. The van der Waals surface area contributed by atoms with Crippen LogP contribution in [0.15, 0.2) is 0 Å². The molecule has 0 aliphatic carbocycles. The van der Waals surface area contributed by atoms with Gasteiger partial charge >= 0.3 is 0 Å². The van der Waals surface area contributed by atoms with Gasteiger partial charge in [0.15, 0.2) is 0 Å². The fourth-order valence-electron chi connectivity index (χ4n) is 1.43. The van der Waals surface area contributed by atoms with Crippen LogP contribution in [-0.4, -0.2) is 17.0 Å². The Morgan fingerprint density at radius 1 is 0.520 bits per heavy atom. The summed E-state index contributed by atoms with van der Waals surface area (Å²) in [5, 5.41) is 0. The van der Waals surface area contributed by atoms with Crippen molar-refractivity contribution < 1.29 is 19.6 Å². The third-order valence-corrected chi connectivity index (χ3v) is 5.70. The normalized spacial score (nSPS) is 14.9. The van der Waals surface area contributed by atoms with Crippen molar-refractivity contribution in [1.82, 2.24) is 0 Å². The van der Waals surface area contributed by atoms with Gasteiger partial charge in [-0.2, -0.15) is 9.78 Å². The van der Waals surface area contributed by atoms with Crippen LogP contribution < -0.4 is 0 Å². The van der Waals surface area contributed by atoms with Crippen molar-refractivity contribution in [3.63, 3.8) is 0 Å². The highest BCUT2D eigenvalue weighted by Crippen LogP contribution is 2.38. The van der Waals surface area contributed by atoms with Crippen LogP contribution in [-0.2, 0) is 19.6 Å². The van der Waals surface area contributed by atoms with Crippen LogP contribution in [0.25, 0.3) is 0 Å². The van der Waals surface area contributed by atoms with E-state index in [9.17, 15) is 0 Å². The number of hydrogen-bond acceptors (Lipinski definition) is 4. The van der Waals surface area contributed by atoms with Gasteiger partial charge in [0.1, 0.15) is 11.2 Å². The average Bonchev–Trinajstić information content (AvgIpc) is 2.41. The van der Waals surface area contributed by atoms with Crippen LogP contribution in [0.2, 0.25) is 0 Å². The highest BCUT2D eigenvalue weighted by atomic mass is 17.3. The molecule has 0 aromatic rings. The highest BCUT2D eigenvalue weighted by molar-refractivity contribution is 4.83. The maximum absolute atomic E-state index is 5.84. The molecule has 0 fully saturated rings. The first-order valence-corrected chi connectivity index (χ1v) is 9.71. The van der Waals surface area contributed by atoms with Crippen molar-refractivity contribution in [2.45, 2.75) is 126 Å². The Kier molecular flexibility index (Phi) is 8.63. The van der Waals surface area contributed by atoms with Gasteiger partial charge in [-0.1, -0.05) is 61.3 Å². The second-order valence-electron chi connectivity index (χ2n) is 10.4. The zero-order valence-corrected chi connectivity index (χ0v) is 19.0. The van der Waals surface area contributed by atoms with Gasteiger partial charge in [0.05, 0.1) is 0 Å². The monoisotopic (exact) mass is 360 g/mol. The van der Waals surface area contributed by atoms with E-state index < -0.39 is 17.0 Å². The standard InChI is InChI=1S/C21H44O4/c1-13-14-15-16-21(12,24-22-19(8,9)17(2,3)4)25-23-20(10,11)18(5,6)7/h13-16H2,1-12H3. The molecule has 4 heteroatoms. The number of rotatable bonds is 10. The van der Waals surface area contributed by atoms with E-state index in [-0.39, 0.29) is 10.8 Å². The van der Waals surface area contributed by atoms with Crippen molar-refractivity contribution in [3.05, 3.63) is 0 Å². The van der Waals surface area contributed by atoms with Gasteiger partial charge in [-0.25, -0.2) is 9.78 Å². The minimum atomic E-state index is -0.944. The zero-order chi connectivity index (χ0) is 20.2. The van der Waals surface area contributed by atoms with Crippen molar-refractivity contribution >= 4 is 0 Å². The third kappa shape index (κ3) is 7.94. The number of hydrogen-bond donors (Lipinski definition) is 0. The average molecular weight is 361 g/mol. The molecule has 0 N–H and O–H groups in total. The molecule has 0 aliphatic heterocycles. The Labute approximate surface area is 156 Å². The lowest BCUT2D eigenvalue weighted by molar-refractivity contribution is -0.548. The predicted molar refractivity (Wildman–Crippen MR) is 104 cm³/mol. The molecular formula is C21H44O4. The van der Waals surface area contributed by atoms with E-state index in [1.54, 1.807) is 0 Å². The molecule has 0 spiro atoms. The smallest absolute Gasteiger partial charge is 0.227 e. The Morgan fingerprint density at radius 3 is 1.16 bits per heavy atom. The lowest BCUT2D eigenvalue weighted by Crippen LogP contribution is -2.46. The Morgan fingerprint density at radius 2 is 0.880 bits per heavy atom. The molecule has 0 rings (SSSR count). The topological polar surface area (TPSA) is 36.9 Å². The molecule has 152 valence electrons. The first-order valence-electron chi connectivity index (χ1n) is 9.71. The first-order chi connectivity index (χ1) is 11.0. The van der Waals surface area contributed by atoms with Crippen LogP contribution in [0.3, 0.4) is 0 Å². The molecule has 0 atom stereocenters. The van der Waals surface area contributed by atoms with E-state index >= 15 is 0 Å². The summed E-state index contributed by atoms with van der Waals surface area (Å²) in [5.41, 5.74) is -1.05. The first kappa shape index (κ1) is 24.8. The van der Waals surface area contributed by atoms with Crippen LogP contribution in [0, 0.1) is 10.8 Å². The van der Waals surface area contributed by atoms with E-state index in [1.165, 1.54) is 0 Å². The second kappa shape index (κ2) is 8.69. The molecule has 0 heterocycles. The largest absolute Gasteiger partial charge is 0.231 e. The van der Waals surface area contributed by atoms with Crippen LogP contribution in [0.5, 0.6) is 0 Å². The minimum Gasteiger partial charge on any atom is -0.227 e. The maximum atomic E-state index is 5.84. The molecular weight excluding hydrogens is 316 g/mol.